The van der Waals surface area contributed by atoms with E-state index in [9.17, 15) is 14.4 Å². The molecule has 0 aliphatic carbocycles. The summed E-state index contributed by atoms with van der Waals surface area (Å²) >= 11 is 4.32. The van der Waals surface area contributed by atoms with Crippen LogP contribution in [0.5, 0.6) is 5.75 Å². The number of amides is 3. The molecule has 4 rings (SSSR count). The van der Waals surface area contributed by atoms with E-state index in [2.05, 4.69) is 21.2 Å². The van der Waals surface area contributed by atoms with Crippen molar-refractivity contribution in [3.8, 4) is 5.75 Å². The summed E-state index contributed by atoms with van der Waals surface area (Å²) in [7, 11) is 0. The largest absolute Gasteiger partial charge is 0.488 e. The number of carbonyl (C=O) groups excluding carboxylic acids is 3. The molecule has 3 amide bonds. The monoisotopic (exact) mass is 536 g/mol. The van der Waals surface area contributed by atoms with Gasteiger partial charge in [0.05, 0.1) is 9.38 Å². The number of imide groups is 1. The molecular weight excluding hydrogens is 516 g/mol. The molecule has 8 heteroatoms. The molecule has 1 N–H and O–H groups in total. The predicted molar refractivity (Wildman–Crippen MR) is 137 cm³/mol. The van der Waals surface area contributed by atoms with Gasteiger partial charge in [0.25, 0.3) is 11.1 Å². The van der Waals surface area contributed by atoms with Crippen LogP contribution in [0.2, 0.25) is 0 Å². The van der Waals surface area contributed by atoms with Crippen molar-refractivity contribution in [2.45, 2.75) is 13.5 Å². The fourth-order valence-corrected chi connectivity index (χ4v) is 4.66. The molecule has 1 aliphatic rings. The number of hydrogen-bond acceptors (Lipinski definition) is 5. The van der Waals surface area contributed by atoms with Gasteiger partial charge in [0.15, 0.2) is 0 Å². The topological polar surface area (TPSA) is 75.7 Å². The van der Waals surface area contributed by atoms with Crippen molar-refractivity contribution >= 4 is 56.5 Å². The highest BCUT2D eigenvalue weighted by molar-refractivity contribution is 9.10. The maximum absolute atomic E-state index is 12.8. The molecule has 34 heavy (non-hydrogen) atoms. The summed E-state index contributed by atoms with van der Waals surface area (Å²) in [6, 6.07) is 22.6. The molecule has 1 heterocycles. The van der Waals surface area contributed by atoms with Gasteiger partial charge in [-0.3, -0.25) is 19.3 Å². The normalized spacial score (nSPS) is 14.5. The summed E-state index contributed by atoms with van der Waals surface area (Å²) in [4.78, 5) is 38.8. The second-order valence-electron chi connectivity index (χ2n) is 7.65. The summed E-state index contributed by atoms with van der Waals surface area (Å²) in [5.41, 5.74) is 3.40. The molecule has 3 aromatic carbocycles. The summed E-state index contributed by atoms with van der Waals surface area (Å²) in [5.74, 6) is -0.256. The number of ether oxygens (including phenoxy) is 1. The van der Waals surface area contributed by atoms with Crippen molar-refractivity contribution in [3.05, 3.63) is 98.9 Å². The minimum Gasteiger partial charge on any atom is -0.488 e. The van der Waals surface area contributed by atoms with E-state index in [1.165, 1.54) is 0 Å². The number of anilines is 1. The van der Waals surface area contributed by atoms with Crippen LogP contribution in [0.1, 0.15) is 16.7 Å². The smallest absolute Gasteiger partial charge is 0.294 e. The molecule has 1 fully saturated rings. The van der Waals surface area contributed by atoms with E-state index in [4.69, 9.17) is 4.74 Å². The van der Waals surface area contributed by atoms with E-state index in [0.717, 1.165) is 37.8 Å². The third kappa shape index (κ3) is 5.95. The molecule has 3 aromatic rings. The minimum atomic E-state index is -0.491. The van der Waals surface area contributed by atoms with Gasteiger partial charge in [0.2, 0.25) is 5.91 Å². The summed E-state index contributed by atoms with van der Waals surface area (Å²) in [6.07, 6.45) is 1.63. The van der Waals surface area contributed by atoms with Crippen molar-refractivity contribution in [2.75, 3.05) is 11.9 Å². The maximum Gasteiger partial charge on any atom is 0.294 e. The Morgan fingerprint density at radius 2 is 1.85 bits per heavy atom. The van der Waals surface area contributed by atoms with Crippen molar-refractivity contribution in [3.63, 3.8) is 0 Å². The lowest BCUT2D eigenvalue weighted by atomic mass is 10.2. The molecule has 0 bridgehead atoms. The van der Waals surface area contributed by atoms with Gasteiger partial charge in [-0.2, -0.15) is 0 Å². The van der Waals surface area contributed by atoms with Crippen LogP contribution in [0.4, 0.5) is 10.5 Å². The Morgan fingerprint density at radius 3 is 2.59 bits per heavy atom. The Bertz CT molecular complexity index is 1280. The van der Waals surface area contributed by atoms with Gasteiger partial charge in [-0.25, -0.2) is 0 Å². The molecular formula is C26H21BrN2O4S. The minimum absolute atomic E-state index is 0.262. The number of nitrogens with one attached hydrogen (secondary N) is 1. The zero-order chi connectivity index (χ0) is 24.1. The molecule has 0 radical (unpaired) electrons. The number of nitrogens with zero attached hydrogens (tertiary/aromatic N) is 1. The Kier molecular flexibility index (Phi) is 7.49. The van der Waals surface area contributed by atoms with Crippen LogP contribution in [0.3, 0.4) is 0 Å². The Morgan fingerprint density at radius 1 is 1.06 bits per heavy atom. The standard InChI is InChI=1S/C26H21BrN2O4S/c1-17-6-5-9-20(12-17)28-24(30)15-29-25(31)23(34-26(29)32)14-19-10-11-22(21(27)13-19)33-16-18-7-3-2-4-8-18/h2-14H,15-16H2,1H3,(H,28,30)/b23-14-. The van der Waals surface area contributed by atoms with Gasteiger partial charge >= 0.3 is 0 Å². The maximum atomic E-state index is 12.8. The third-order valence-electron chi connectivity index (χ3n) is 4.97. The van der Waals surface area contributed by atoms with Crippen LogP contribution in [-0.4, -0.2) is 28.5 Å². The van der Waals surface area contributed by atoms with E-state index >= 15 is 0 Å². The van der Waals surface area contributed by atoms with E-state index < -0.39 is 17.1 Å². The highest BCUT2D eigenvalue weighted by atomic mass is 79.9. The van der Waals surface area contributed by atoms with Gasteiger partial charge < -0.3 is 10.1 Å². The summed E-state index contributed by atoms with van der Waals surface area (Å²) in [5, 5.41) is 2.24. The van der Waals surface area contributed by atoms with Crippen molar-refractivity contribution < 1.29 is 19.1 Å². The molecule has 0 unspecified atom stereocenters. The molecule has 0 spiro atoms. The first kappa shape index (κ1) is 23.8. The van der Waals surface area contributed by atoms with E-state index in [0.29, 0.717) is 18.0 Å². The molecule has 1 aliphatic heterocycles. The van der Waals surface area contributed by atoms with Gasteiger partial charge in [0, 0.05) is 5.69 Å². The van der Waals surface area contributed by atoms with Crippen molar-refractivity contribution in [1.82, 2.24) is 4.90 Å². The number of aryl methyl sites for hydroxylation is 1. The van der Waals surface area contributed by atoms with Gasteiger partial charge in [-0.1, -0.05) is 48.5 Å². The van der Waals surface area contributed by atoms with Crippen LogP contribution in [-0.2, 0) is 16.2 Å². The molecule has 0 saturated carbocycles. The average molecular weight is 537 g/mol. The van der Waals surface area contributed by atoms with E-state index in [-0.39, 0.29) is 11.4 Å². The first-order chi connectivity index (χ1) is 16.4. The van der Waals surface area contributed by atoms with Crippen LogP contribution in [0.25, 0.3) is 6.08 Å². The second kappa shape index (κ2) is 10.7. The molecule has 0 atom stereocenters. The second-order valence-corrected chi connectivity index (χ2v) is 9.50. The quantitative estimate of drug-likeness (QED) is 0.374. The Balaban J connectivity index is 1.40. The van der Waals surface area contributed by atoms with Crippen molar-refractivity contribution in [2.24, 2.45) is 0 Å². The zero-order valence-electron chi connectivity index (χ0n) is 18.3. The van der Waals surface area contributed by atoms with Crippen LogP contribution >= 0.6 is 27.7 Å². The molecule has 0 aromatic heterocycles. The van der Waals surface area contributed by atoms with E-state index in [1.807, 2.05) is 67.6 Å². The number of hydrogen-bond donors (Lipinski definition) is 1. The fraction of sp³-hybridized carbons (Fsp3) is 0.115. The zero-order valence-corrected chi connectivity index (χ0v) is 20.7. The number of halogens is 1. The van der Waals surface area contributed by atoms with Crippen LogP contribution in [0.15, 0.2) is 82.2 Å². The van der Waals surface area contributed by atoms with Crippen LogP contribution in [0, 0.1) is 6.92 Å². The van der Waals surface area contributed by atoms with E-state index in [1.54, 1.807) is 18.2 Å². The average Bonchev–Trinajstić information content (AvgIpc) is 3.06. The molecule has 1 saturated heterocycles. The summed E-state index contributed by atoms with van der Waals surface area (Å²) < 4.78 is 6.59. The van der Waals surface area contributed by atoms with Gasteiger partial charge in [-0.15, -0.1) is 0 Å². The third-order valence-corrected chi connectivity index (χ3v) is 6.50. The SMILES string of the molecule is Cc1cccc(NC(=O)CN2C(=O)S/C(=C\c3ccc(OCc4ccccc4)c(Br)c3)C2=O)c1. The highest BCUT2D eigenvalue weighted by Crippen LogP contribution is 2.34. The molecule has 172 valence electrons. The number of carbonyl (C=O) groups is 3. The number of thioether (sulfide) groups is 1. The first-order valence-corrected chi connectivity index (χ1v) is 12.1. The summed E-state index contributed by atoms with van der Waals surface area (Å²) in [6.45, 7) is 2.01. The lowest BCUT2D eigenvalue weighted by Gasteiger charge is -2.12. The predicted octanol–water partition coefficient (Wildman–Crippen LogP) is 6.01. The van der Waals surface area contributed by atoms with Gasteiger partial charge in [0.1, 0.15) is 18.9 Å². The molecule has 6 nitrogen and oxygen atoms in total. The number of benzene rings is 3. The highest BCUT2D eigenvalue weighted by Gasteiger charge is 2.36. The van der Waals surface area contributed by atoms with Crippen LogP contribution < -0.4 is 10.1 Å². The Labute approximate surface area is 210 Å². The van der Waals surface area contributed by atoms with Gasteiger partial charge in [-0.05, 0) is 81.6 Å². The lowest BCUT2D eigenvalue weighted by molar-refractivity contribution is -0.127. The van der Waals surface area contributed by atoms with Crippen molar-refractivity contribution in [1.29, 1.82) is 0 Å². The first-order valence-electron chi connectivity index (χ1n) is 10.5. The lowest BCUT2D eigenvalue weighted by Crippen LogP contribution is -2.36. The number of rotatable bonds is 7. The fourth-order valence-electron chi connectivity index (χ4n) is 3.31. The Hall–Kier alpha value is -3.36.